The van der Waals surface area contributed by atoms with Crippen LogP contribution in [-0.2, 0) is 0 Å². The summed E-state index contributed by atoms with van der Waals surface area (Å²) in [6, 6.07) is 35.2. The molecule has 0 N–H and O–H groups in total. The standard InChI is InChI=1S/C33H24N2S2/c1-21-14-15-25(18-22(21)2)33-34-16-17-35(33)32-26(30-19-23-8-3-5-12-28(23)36-30)10-7-11-27(32)31-20-24-9-4-6-13-29(24)37-31/h3-20H,1-2H3. The second-order valence-corrected chi connectivity index (χ2v) is 11.6. The van der Waals surface area contributed by atoms with Crippen LogP contribution < -0.4 is 0 Å². The average molecular weight is 513 g/mol. The lowest BCUT2D eigenvalue weighted by atomic mass is 10.0. The van der Waals surface area contributed by atoms with E-state index in [9.17, 15) is 0 Å². The van der Waals surface area contributed by atoms with Gasteiger partial charge in [-0.25, -0.2) is 4.98 Å². The highest BCUT2D eigenvalue weighted by atomic mass is 32.1. The van der Waals surface area contributed by atoms with E-state index in [4.69, 9.17) is 4.98 Å². The summed E-state index contributed by atoms with van der Waals surface area (Å²) < 4.78 is 4.88. The van der Waals surface area contributed by atoms with Crippen LogP contribution in [0.25, 0.3) is 58.1 Å². The van der Waals surface area contributed by atoms with Gasteiger partial charge in [-0.15, -0.1) is 22.7 Å². The van der Waals surface area contributed by atoms with Crippen molar-refractivity contribution < 1.29 is 0 Å². The van der Waals surface area contributed by atoms with Gasteiger partial charge in [0.25, 0.3) is 0 Å². The van der Waals surface area contributed by atoms with Gasteiger partial charge in [0.15, 0.2) is 0 Å². The smallest absolute Gasteiger partial charge is 0.144 e. The first-order chi connectivity index (χ1) is 18.2. The number of para-hydroxylation sites is 1. The van der Waals surface area contributed by atoms with Gasteiger partial charge < -0.3 is 0 Å². The van der Waals surface area contributed by atoms with Crippen LogP contribution in [-0.4, -0.2) is 9.55 Å². The molecule has 0 aliphatic heterocycles. The highest BCUT2D eigenvalue weighted by Crippen LogP contribution is 2.44. The average Bonchev–Trinajstić information content (AvgIpc) is 3.67. The number of aromatic nitrogens is 2. The summed E-state index contributed by atoms with van der Waals surface area (Å²) in [5.41, 5.74) is 7.31. The fourth-order valence-corrected chi connectivity index (χ4v) is 7.19. The van der Waals surface area contributed by atoms with Crippen molar-refractivity contribution in [3.63, 3.8) is 0 Å². The number of benzene rings is 4. The van der Waals surface area contributed by atoms with Gasteiger partial charge in [0.2, 0.25) is 0 Å². The van der Waals surface area contributed by atoms with Gasteiger partial charge in [0, 0.05) is 48.2 Å². The molecule has 2 nitrogen and oxygen atoms in total. The van der Waals surface area contributed by atoms with Crippen molar-refractivity contribution in [3.8, 4) is 38.0 Å². The molecule has 0 saturated carbocycles. The lowest BCUT2D eigenvalue weighted by Gasteiger charge is -2.17. The zero-order valence-corrected chi connectivity index (χ0v) is 22.2. The quantitative estimate of drug-likeness (QED) is 0.229. The molecule has 0 atom stereocenters. The van der Waals surface area contributed by atoms with Crippen LogP contribution in [0.2, 0.25) is 0 Å². The van der Waals surface area contributed by atoms with Crippen molar-refractivity contribution in [1.29, 1.82) is 0 Å². The summed E-state index contributed by atoms with van der Waals surface area (Å²) in [6.07, 6.45) is 4.02. The fourth-order valence-electron chi connectivity index (χ4n) is 5.01. The summed E-state index contributed by atoms with van der Waals surface area (Å²) in [4.78, 5) is 7.38. The molecule has 0 unspecified atom stereocenters. The third-order valence-corrected chi connectivity index (χ3v) is 9.36. The summed E-state index contributed by atoms with van der Waals surface area (Å²) >= 11 is 3.69. The van der Waals surface area contributed by atoms with E-state index in [1.54, 1.807) is 0 Å². The van der Waals surface area contributed by atoms with Crippen LogP contribution in [0.15, 0.2) is 109 Å². The molecule has 0 saturated heterocycles. The predicted molar refractivity (Wildman–Crippen MR) is 160 cm³/mol. The predicted octanol–water partition coefficient (Wildman–Crippen LogP) is 9.92. The molecule has 4 aromatic carbocycles. The monoisotopic (exact) mass is 512 g/mol. The molecular weight excluding hydrogens is 489 g/mol. The Morgan fingerprint density at radius 2 is 1.24 bits per heavy atom. The molecule has 0 aliphatic carbocycles. The van der Waals surface area contributed by atoms with Crippen LogP contribution in [0.4, 0.5) is 0 Å². The van der Waals surface area contributed by atoms with E-state index in [0.29, 0.717) is 0 Å². The van der Waals surface area contributed by atoms with Gasteiger partial charge in [0.05, 0.1) is 5.69 Å². The third-order valence-electron chi connectivity index (χ3n) is 7.06. The number of thiophene rings is 2. The molecule has 0 spiro atoms. The Balaban J connectivity index is 1.52. The van der Waals surface area contributed by atoms with Crippen molar-refractivity contribution in [1.82, 2.24) is 9.55 Å². The molecule has 4 heteroatoms. The Kier molecular flexibility index (Phi) is 5.31. The van der Waals surface area contributed by atoms with Gasteiger partial charge in [-0.3, -0.25) is 4.57 Å². The molecule has 0 aliphatic rings. The molecule has 3 heterocycles. The summed E-state index contributed by atoms with van der Waals surface area (Å²) in [5, 5.41) is 2.56. The zero-order chi connectivity index (χ0) is 24.9. The normalized spacial score (nSPS) is 11.5. The van der Waals surface area contributed by atoms with Crippen molar-refractivity contribution >= 4 is 42.8 Å². The zero-order valence-electron chi connectivity index (χ0n) is 20.6. The van der Waals surface area contributed by atoms with Crippen LogP contribution in [0, 0.1) is 13.8 Å². The molecule has 0 amide bonds. The van der Waals surface area contributed by atoms with Crippen molar-refractivity contribution in [2.45, 2.75) is 13.8 Å². The second kappa shape index (κ2) is 8.84. The molecular formula is C33H24N2S2. The van der Waals surface area contributed by atoms with Gasteiger partial charge in [-0.1, -0.05) is 66.7 Å². The first kappa shape index (κ1) is 22.2. The Morgan fingerprint density at radius 3 is 1.84 bits per heavy atom. The number of nitrogens with zero attached hydrogens (tertiary/aromatic N) is 2. The lowest BCUT2D eigenvalue weighted by molar-refractivity contribution is 1.07. The van der Waals surface area contributed by atoms with Crippen molar-refractivity contribution in [3.05, 3.63) is 121 Å². The topological polar surface area (TPSA) is 17.8 Å². The van der Waals surface area contributed by atoms with E-state index >= 15 is 0 Å². The van der Waals surface area contributed by atoms with Gasteiger partial charge in [0.1, 0.15) is 5.82 Å². The van der Waals surface area contributed by atoms with Gasteiger partial charge in [-0.05, 0) is 66.1 Å². The van der Waals surface area contributed by atoms with Crippen LogP contribution in [0.5, 0.6) is 0 Å². The van der Waals surface area contributed by atoms with E-state index in [1.807, 2.05) is 28.9 Å². The fraction of sp³-hybridized carbons (Fsp3) is 0.0606. The van der Waals surface area contributed by atoms with E-state index in [-0.39, 0.29) is 0 Å². The van der Waals surface area contributed by atoms with Crippen LogP contribution in [0.1, 0.15) is 11.1 Å². The summed E-state index contributed by atoms with van der Waals surface area (Å²) in [5.74, 6) is 0.957. The number of hydrogen-bond donors (Lipinski definition) is 0. The third kappa shape index (κ3) is 3.81. The minimum Gasteiger partial charge on any atom is -0.298 e. The van der Waals surface area contributed by atoms with E-state index in [2.05, 4.69) is 122 Å². The molecule has 37 heavy (non-hydrogen) atoms. The second-order valence-electron chi connectivity index (χ2n) is 9.42. The van der Waals surface area contributed by atoms with Crippen LogP contribution in [0.3, 0.4) is 0 Å². The first-order valence-electron chi connectivity index (χ1n) is 12.4. The number of fused-ring (bicyclic) bond motifs is 2. The number of rotatable bonds is 4. The minimum atomic E-state index is 0.957. The molecule has 178 valence electrons. The number of imidazole rings is 1. The first-order valence-corrected chi connectivity index (χ1v) is 14.0. The SMILES string of the molecule is Cc1ccc(-c2nccn2-c2c(-c3cc4ccccc4s3)cccc2-c2cc3ccccc3s2)cc1C. The highest BCUT2D eigenvalue weighted by molar-refractivity contribution is 7.22. The van der Waals surface area contributed by atoms with Crippen molar-refractivity contribution in [2.75, 3.05) is 0 Å². The number of aryl methyl sites for hydroxylation is 2. The molecule has 0 radical (unpaired) electrons. The van der Waals surface area contributed by atoms with E-state index in [0.717, 1.165) is 11.4 Å². The molecule has 3 aromatic heterocycles. The summed E-state index contributed by atoms with van der Waals surface area (Å²) in [6.45, 7) is 4.32. The Morgan fingerprint density at radius 1 is 0.622 bits per heavy atom. The maximum atomic E-state index is 4.86. The molecule has 7 aromatic rings. The maximum absolute atomic E-state index is 4.86. The Bertz CT molecular complexity index is 1760. The largest absolute Gasteiger partial charge is 0.298 e. The molecule has 7 rings (SSSR count). The van der Waals surface area contributed by atoms with E-state index in [1.165, 1.54) is 57.9 Å². The molecule has 0 fully saturated rings. The van der Waals surface area contributed by atoms with Gasteiger partial charge in [-0.2, -0.15) is 0 Å². The van der Waals surface area contributed by atoms with Crippen LogP contribution >= 0.6 is 22.7 Å². The summed E-state index contributed by atoms with van der Waals surface area (Å²) in [7, 11) is 0. The highest BCUT2D eigenvalue weighted by Gasteiger charge is 2.20. The Labute approximate surface area is 224 Å². The minimum absolute atomic E-state index is 0.957. The Hall–Kier alpha value is -3.99. The number of hydrogen-bond acceptors (Lipinski definition) is 3. The lowest BCUT2D eigenvalue weighted by Crippen LogP contribution is -2.01. The molecule has 0 bridgehead atoms. The maximum Gasteiger partial charge on any atom is 0.144 e. The van der Waals surface area contributed by atoms with E-state index < -0.39 is 0 Å². The van der Waals surface area contributed by atoms with Gasteiger partial charge >= 0.3 is 0 Å². The van der Waals surface area contributed by atoms with Crippen molar-refractivity contribution in [2.24, 2.45) is 0 Å².